The minimum Gasteiger partial charge on any atom is -0.383 e. The molecule has 2 aromatic heterocycles. The van der Waals surface area contributed by atoms with Gasteiger partial charge in [0, 0.05) is 23.7 Å². The predicted molar refractivity (Wildman–Crippen MR) is 122 cm³/mol. The number of hydrogen-bond acceptors (Lipinski definition) is 5. The van der Waals surface area contributed by atoms with Crippen LogP contribution < -0.4 is 10.6 Å². The van der Waals surface area contributed by atoms with E-state index in [1.807, 2.05) is 24.3 Å². The number of nitrogen functional groups attached to an aromatic ring is 1. The van der Waals surface area contributed by atoms with E-state index in [9.17, 15) is 4.39 Å². The maximum Gasteiger partial charge on any atom is 0.228 e. The summed E-state index contributed by atoms with van der Waals surface area (Å²) >= 11 is 6.53. The summed E-state index contributed by atoms with van der Waals surface area (Å²) in [4.78, 5) is 11.8. The first-order valence-corrected chi connectivity index (χ1v) is 10.7. The van der Waals surface area contributed by atoms with E-state index in [1.54, 1.807) is 16.8 Å². The van der Waals surface area contributed by atoms with E-state index in [-0.39, 0.29) is 5.82 Å². The maximum atomic E-state index is 13.4. The second-order valence-corrected chi connectivity index (χ2v) is 8.40. The van der Waals surface area contributed by atoms with Gasteiger partial charge in [0.05, 0.1) is 16.8 Å². The van der Waals surface area contributed by atoms with Gasteiger partial charge in [-0.15, -0.1) is 5.10 Å². The Hall–Kier alpha value is -3.19. The van der Waals surface area contributed by atoms with Gasteiger partial charge in [-0.3, -0.25) is 0 Å². The number of piperidine rings is 1. The number of halogens is 2. The van der Waals surface area contributed by atoms with Gasteiger partial charge in [-0.1, -0.05) is 36.7 Å². The highest BCUT2D eigenvalue weighted by atomic mass is 35.5. The van der Waals surface area contributed by atoms with E-state index >= 15 is 0 Å². The normalized spacial score (nSPS) is 15.0. The molecule has 5 rings (SSSR count). The fraction of sp³-hybridized carbons (Fsp3) is 0.261. The van der Waals surface area contributed by atoms with E-state index in [1.165, 1.54) is 12.1 Å². The molecule has 3 heterocycles. The molecule has 0 atom stereocenters. The number of anilines is 2. The fourth-order valence-corrected chi connectivity index (χ4v) is 4.20. The van der Waals surface area contributed by atoms with E-state index in [0.29, 0.717) is 45.1 Å². The number of fused-ring (bicyclic) bond motifs is 1. The van der Waals surface area contributed by atoms with Gasteiger partial charge in [0.2, 0.25) is 5.95 Å². The SMILES string of the molecule is CC1CCN(c2nc(-c3ccccc3Cl)c3c(N)n(-c4ccc(F)cc4)nc3n2)CC1. The molecule has 2 aromatic carbocycles. The summed E-state index contributed by atoms with van der Waals surface area (Å²) in [6, 6.07) is 13.6. The Labute approximate surface area is 184 Å². The van der Waals surface area contributed by atoms with Gasteiger partial charge in [0.25, 0.3) is 0 Å². The first-order chi connectivity index (χ1) is 15.0. The summed E-state index contributed by atoms with van der Waals surface area (Å²) in [5.41, 5.74) is 9.07. The summed E-state index contributed by atoms with van der Waals surface area (Å²) < 4.78 is 15.0. The average Bonchev–Trinajstić information content (AvgIpc) is 3.11. The molecule has 31 heavy (non-hydrogen) atoms. The molecule has 8 heteroatoms. The van der Waals surface area contributed by atoms with Crippen molar-refractivity contribution in [2.24, 2.45) is 5.92 Å². The van der Waals surface area contributed by atoms with Crippen molar-refractivity contribution in [2.45, 2.75) is 19.8 Å². The molecule has 0 aliphatic carbocycles. The van der Waals surface area contributed by atoms with Crippen molar-refractivity contribution in [1.82, 2.24) is 19.7 Å². The van der Waals surface area contributed by atoms with Gasteiger partial charge in [-0.05, 0) is 49.1 Å². The molecule has 0 amide bonds. The average molecular weight is 437 g/mol. The van der Waals surface area contributed by atoms with Crippen LogP contribution in [-0.2, 0) is 0 Å². The maximum absolute atomic E-state index is 13.4. The molecule has 0 saturated carbocycles. The molecule has 2 N–H and O–H groups in total. The van der Waals surface area contributed by atoms with Crippen LogP contribution in [0.1, 0.15) is 19.8 Å². The standard InChI is InChI=1S/C23H22ClFN6/c1-14-10-12-30(13-11-14)23-27-20(17-4-2-3-5-18(17)24)19-21(26)31(29-22(19)28-23)16-8-6-15(25)7-9-16/h2-9,14H,10-13,26H2,1H3. The molecule has 0 bridgehead atoms. The van der Waals surface area contributed by atoms with Gasteiger partial charge in [0.15, 0.2) is 5.65 Å². The van der Waals surface area contributed by atoms with E-state index in [0.717, 1.165) is 31.5 Å². The van der Waals surface area contributed by atoms with Crippen LogP contribution in [0.5, 0.6) is 0 Å². The number of hydrogen-bond donors (Lipinski definition) is 1. The number of benzene rings is 2. The second kappa shape index (κ2) is 7.81. The molecule has 0 radical (unpaired) electrons. The molecule has 0 spiro atoms. The molecule has 158 valence electrons. The minimum absolute atomic E-state index is 0.322. The lowest BCUT2D eigenvalue weighted by molar-refractivity contribution is 0.435. The topological polar surface area (TPSA) is 72.9 Å². The molecule has 6 nitrogen and oxygen atoms in total. The summed E-state index contributed by atoms with van der Waals surface area (Å²) in [7, 11) is 0. The van der Waals surface area contributed by atoms with Crippen LogP contribution in [0.15, 0.2) is 48.5 Å². The summed E-state index contributed by atoms with van der Waals surface area (Å²) in [6.45, 7) is 4.05. The van der Waals surface area contributed by atoms with Crippen LogP contribution in [0.2, 0.25) is 5.02 Å². The van der Waals surface area contributed by atoms with E-state index < -0.39 is 0 Å². The van der Waals surface area contributed by atoms with Crippen molar-refractivity contribution in [3.05, 3.63) is 59.4 Å². The largest absolute Gasteiger partial charge is 0.383 e. The molecular formula is C23H22ClFN6. The van der Waals surface area contributed by atoms with Crippen LogP contribution >= 0.6 is 11.6 Å². The van der Waals surface area contributed by atoms with Crippen molar-refractivity contribution in [3.8, 4) is 16.9 Å². The van der Waals surface area contributed by atoms with Crippen LogP contribution in [0.25, 0.3) is 28.0 Å². The Morgan fingerprint density at radius 2 is 1.74 bits per heavy atom. The Kier molecular flexibility index (Phi) is 4.98. The summed E-state index contributed by atoms with van der Waals surface area (Å²) in [5.74, 6) is 1.38. The molecule has 1 saturated heterocycles. The highest BCUT2D eigenvalue weighted by molar-refractivity contribution is 6.33. The number of nitrogens with two attached hydrogens (primary N) is 1. The Bertz CT molecular complexity index is 1250. The molecule has 1 aliphatic heterocycles. The Morgan fingerprint density at radius 1 is 1.03 bits per heavy atom. The summed E-state index contributed by atoms with van der Waals surface area (Å²) in [5, 5.41) is 5.86. The lowest BCUT2D eigenvalue weighted by Gasteiger charge is -2.30. The van der Waals surface area contributed by atoms with Crippen LogP contribution in [0.3, 0.4) is 0 Å². The number of aromatic nitrogens is 4. The lowest BCUT2D eigenvalue weighted by atomic mass is 9.99. The first-order valence-electron chi connectivity index (χ1n) is 10.3. The lowest BCUT2D eigenvalue weighted by Crippen LogP contribution is -2.34. The predicted octanol–water partition coefficient (Wildman–Crippen LogP) is 5.09. The van der Waals surface area contributed by atoms with Gasteiger partial charge < -0.3 is 10.6 Å². The van der Waals surface area contributed by atoms with Crippen LogP contribution in [-0.4, -0.2) is 32.8 Å². The quantitative estimate of drug-likeness (QED) is 0.484. The molecule has 1 aliphatic rings. The molecule has 1 fully saturated rings. The van der Waals surface area contributed by atoms with Gasteiger partial charge in [-0.2, -0.15) is 4.98 Å². The third-order valence-electron chi connectivity index (χ3n) is 5.82. The van der Waals surface area contributed by atoms with Crippen molar-refractivity contribution in [1.29, 1.82) is 0 Å². The third-order valence-corrected chi connectivity index (χ3v) is 6.15. The monoisotopic (exact) mass is 436 g/mol. The Morgan fingerprint density at radius 3 is 2.45 bits per heavy atom. The zero-order valence-electron chi connectivity index (χ0n) is 17.1. The number of rotatable bonds is 3. The van der Waals surface area contributed by atoms with Crippen molar-refractivity contribution in [3.63, 3.8) is 0 Å². The zero-order chi connectivity index (χ0) is 21.5. The van der Waals surface area contributed by atoms with Crippen molar-refractivity contribution < 1.29 is 4.39 Å². The van der Waals surface area contributed by atoms with E-state index in [2.05, 4.69) is 16.9 Å². The van der Waals surface area contributed by atoms with E-state index in [4.69, 9.17) is 27.3 Å². The third kappa shape index (κ3) is 3.59. The highest BCUT2D eigenvalue weighted by Crippen LogP contribution is 2.37. The summed E-state index contributed by atoms with van der Waals surface area (Å²) in [6.07, 6.45) is 2.18. The molecular weight excluding hydrogens is 415 g/mol. The van der Waals surface area contributed by atoms with Crippen LogP contribution in [0.4, 0.5) is 16.2 Å². The smallest absolute Gasteiger partial charge is 0.228 e. The second-order valence-electron chi connectivity index (χ2n) is 7.99. The van der Waals surface area contributed by atoms with Gasteiger partial charge >= 0.3 is 0 Å². The van der Waals surface area contributed by atoms with Gasteiger partial charge in [-0.25, -0.2) is 14.1 Å². The highest BCUT2D eigenvalue weighted by Gasteiger charge is 2.24. The van der Waals surface area contributed by atoms with Crippen molar-refractivity contribution in [2.75, 3.05) is 23.7 Å². The first kappa shape index (κ1) is 19.8. The fourth-order valence-electron chi connectivity index (χ4n) is 3.98. The molecule has 0 unspecified atom stereocenters. The van der Waals surface area contributed by atoms with Gasteiger partial charge in [0.1, 0.15) is 11.6 Å². The molecule has 4 aromatic rings. The van der Waals surface area contributed by atoms with Crippen molar-refractivity contribution >= 4 is 34.4 Å². The zero-order valence-corrected chi connectivity index (χ0v) is 17.8. The Balaban J connectivity index is 1.73. The minimum atomic E-state index is -0.322. The number of nitrogens with zero attached hydrogens (tertiary/aromatic N) is 5. The van der Waals surface area contributed by atoms with Crippen LogP contribution in [0, 0.1) is 11.7 Å².